The van der Waals surface area contributed by atoms with Crippen molar-refractivity contribution in [1.82, 2.24) is 4.98 Å². The van der Waals surface area contributed by atoms with Crippen LogP contribution < -0.4 is 0 Å². The monoisotopic (exact) mass is 213 g/mol. The quantitative estimate of drug-likeness (QED) is 0.811. The summed E-state index contributed by atoms with van der Waals surface area (Å²) < 4.78 is 5.21. The SMILES string of the molecule is CC1(c2nc(C(=O)O)co2)CCSC1. The zero-order valence-electron chi connectivity index (χ0n) is 7.82. The van der Waals surface area contributed by atoms with Crippen molar-refractivity contribution in [2.75, 3.05) is 11.5 Å². The molecule has 14 heavy (non-hydrogen) atoms. The van der Waals surface area contributed by atoms with Gasteiger partial charge in [0.1, 0.15) is 6.26 Å². The van der Waals surface area contributed by atoms with Crippen LogP contribution in [0.5, 0.6) is 0 Å². The Morgan fingerprint density at radius 3 is 3.07 bits per heavy atom. The highest BCUT2D eigenvalue weighted by molar-refractivity contribution is 7.99. The van der Waals surface area contributed by atoms with E-state index in [0.29, 0.717) is 5.89 Å². The first-order valence-electron chi connectivity index (χ1n) is 4.39. The second kappa shape index (κ2) is 3.31. The highest BCUT2D eigenvalue weighted by atomic mass is 32.2. The molecule has 0 radical (unpaired) electrons. The van der Waals surface area contributed by atoms with E-state index < -0.39 is 5.97 Å². The summed E-state index contributed by atoms with van der Waals surface area (Å²) in [6, 6.07) is 0. The molecule has 2 heterocycles. The number of oxazole rings is 1. The first-order chi connectivity index (χ1) is 6.62. The van der Waals surface area contributed by atoms with Crippen LogP contribution in [0.1, 0.15) is 29.7 Å². The van der Waals surface area contributed by atoms with Crippen molar-refractivity contribution in [2.45, 2.75) is 18.8 Å². The van der Waals surface area contributed by atoms with Gasteiger partial charge in [0.2, 0.25) is 5.89 Å². The third kappa shape index (κ3) is 1.52. The molecule has 0 aliphatic carbocycles. The van der Waals surface area contributed by atoms with E-state index in [0.717, 1.165) is 17.9 Å². The lowest BCUT2D eigenvalue weighted by molar-refractivity contribution is 0.0690. The number of rotatable bonds is 2. The Labute approximate surface area is 85.7 Å². The smallest absolute Gasteiger partial charge is 0.357 e. The normalized spacial score (nSPS) is 26.6. The molecular weight excluding hydrogens is 202 g/mol. The fourth-order valence-corrected chi connectivity index (χ4v) is 2.94. The number of carboxylic acid groups (broad SMARTS) is 1. The Morgan fingerprint density at radius 1 is 1.79 bits per heavy atom. The average Bonchev–Trinajstić information content (AvgIpc) is 2.71. The third-order valence-electron chi connectivity index (χ3n) is 2.46. The molecule has 0 saturated carbocycles. The van der Waals surface area contributed by atoms with Gasteiger partial charge in [-0.05, 0) is 12.2 Å². The van der Waals surface area contributed by atoms with Gasteiger partial charge in [-0.3, -0.25) is 0 Å². The van der Waals surface area contributed by atoms with Crippen LogP contribution in [0.15, 0.2) is 10.7 Å². The highest BCUT2D eigenvalue weighted by Gasteiger charge is 2.36. The molecule has 1 atom stereocenters. The van der Waals surface area contributed by atoms with Gasteiger partial charge < -0.3 is 9.52 Å². The summed E-state index contributed by atoms with van der Waals surface area (Å²) in [5.41, 5.74) is -0.0867. The maximum atomic E-state index is 10.6. The lowest BCUT2D eigenvalue weighted by atomic mass is 9.90. The van der Waals surface area contributed by atoms with Crippen LogP contribution in [-0.4, -0.2) is 27.6 Å². The number of hydrogen-bond donors (Lipinski definition) is 1. The first-order valence-corrected chi connectivity index (χ1v) is 5.54. The molecule has 1 saturated heterocycles. The number of carbonyl (C=O) groups is 1. The molecule has 1 unspecified atom stereocenters. The predicted molar refractivity (Wildman–Crippen MR) is 52.8 cm³/mol. The molecular formula is C9H11NO3S. The second-order valence-electron chi connectivity index (χ2n) is 3.71. The van der Waals surface area contributed by atoms with E-state index in [9.17, 15) is 4.79 Å². The molecule has 4 nitrogen and oxygen atoms in total. The minimum absolute atomic E-state index is 0.00174. The van der Waals surface area contributed by atoms with Crippen molar-refractivity contribution >= 4 is 17.7 Å². The van der Waals surface area contributed by atoms with Crippen molar-refractivity contribution in [3.8, 4) is 0 Å². The first kappa shape index (κ1) is 9.58. The Hall–Kier alpha value is -0.970. The van der Waals surface area contributed by atoms with E-state index >= 15 is 0 Å². The van der Waals surface area contributed by atoms with E-state index in [-0.39, 0.29) is 11.1 Å². The maximum absolute atomic E-state index is 10.6. The van der Waals surface area contributed by atoms with Crippen LogP contribution in [0, 0.1) is 0 Å². The standard InChI is InChI=1S/C9H11NO3S/c1-9(2-3-14-5-9)8-10-6(4-13-8)7(11)12/h4H,2-3,5H2,1H3,(H,11,12). The molecule has 1 aliphatic heterocycles. The summed E-state index contributed by atoms with van der Waals surface area (Å²) in [5, 5.41) is 8.70. The molecule has 1 aliphatic rings. The summed E-state index contributed by atoms with van der Waals surface area (Å²) in [7, 11) is 0. The van der Waals surface area contributed by atoms with Crippen molar-refractivity contribution in [2.24, 2.45) is 0 Å². The Kier molecular flexibility index (Phi) is 2.26. The topological polar surface area (TPSA) is 63.3 Å². The van der Waals surface area contributed by atoms with E-state index in [1.807, 2.05) is 11.8 Å². The summed E-state index contributed by atoms with van der Waals surface area (Å²) in [4.78, 5) is 14.6. The largest absolute Gasteiger partial charge is 0.476 e. The lowest BCUT2D eigenvalue weighted by Crippen LogP contribution is -2.21. The molecule has 2 rings (SSSR count). The van der Waals surface area contributed by atoms with Crippen LogP contribution in [0.3, 0.4) is 0 Å². The summed E-state index contributed by atoms with van der Waals surface area (Å²) in [6.45, 7) is 2.06. The number of carboxylic acids is 1. The van der Waals surface area contributed by atoms with Gasteiger partial charge >= 0.3 is 5.97 Å². The molecule has 0 amide bonds. The van der Waals surface area contributed by atoms with Crippen molar-refractivity contribution in [3.05, 3.63) is 17.8 Å². The lowest BCUT2D eigenvalue weighted by Gasteiger charge is -2.16. The molecule has 0 spiro atoms. The van der Waals surface area contributed by atoms with Crippen LogP contribution in [0.2, 0.25) is 0 Å². The number of hydrogen-bond acceptors (Lipinski definition) is 4. The Bertz CT molecular complexity index is 355. The van der Waals surface area contributed by atoms with Crippen LogP contribution in [0.25, 0.3) is 0 Å². The minimum Gasteiger partial charge on any atom is -0.476 e. The fraction of sp³-hybridized carbons (Fsp3) is 0.556. The second-order valence-corrected chi connectivity index (χ2v) is 4.81. The molecule has 1 N–H and O–H groups in total. The van der Waals surface area contributed by atoms with Gasteiger partial charge in [-0.25, -0.2) is 9.78 Å². The maximum Gasteiger partial charge on any atom is 0.357 e. The number of aromatic nitrogens is 1. The predicted octanol–water partition coefficient (Wildman–Crippen LogP) is 1.77. The summed E-state index contributed by atoms with van der Waals surface area (Å²) in [6.07, 6.45) is 2.21. The summed E-state index contributed by atoms with van der Waals surface area (Å²) >= 11 is 1.85. The molecule has 0 aromatic carbocycles. The molecule has 1 fully saturated rings. The Balaban J connectivity index is 2.28. The van der Waals surface area contributed by atoms with Crippen molar-refractivity contribution < 1.29 is 14.3 Å². The minimum atomic E-state index is -1.03. The fourth-order valence-electron chi connectivity index (χ4n) is 1.48. The van der Waals surface area contributed by atoms with Gasteiger partial charge in [0.15, 0.2) is 5.69 Å². The van der Waals surface area contributed by atoms with Gasteiger partial charge in [-0.1, -0.05) is 6.92 Å². The molecule has 5 heteroatoms. The molecule has 0 bridgehead atoms. The molecule has 1 aromatic rings. The molecule has 76 valence electrons. The summed E-state index contributed by atoms with van der Waals surface area (Å²) in [5.74, 6) is 1.56. The van der Waals surface area contributed by atoms with Gasteiger partial charge in [-0.15, -0.1) is 0 Å². The van der Waals surface area contributed by atoms with Crippen LogP contribution in [-0.2, 0) is 5.41 Å². The van der Waals surface area contributed by atoms with Crippen LogP contribution in [0.4, 0.5) is 0 Å². The number of aromatic carboxylic acids is 1. The van der Waals surface area contributed by atoms with Gasteiger partial charge in [0.25, 0.3) is 0 Å². The zero-order valence-corrected chi connectivity index (χ0v) is 8.63. The van der Waals surface area contributed by atoms with Crippen LogP contribution >= 0.6 is 11.8 Å². The van der Waals surface area contributed by atoms with E-state index in [4.69, 9.17) is 9.52 Å². The number of nitrogens with zero attached hydrogens (tertiary/aromatic N) is 1. The van der Waals surface area contributed by atoms with Gasteiger partial charge in [0, 0.05) is 5.75 Å². The van der Waals surface area contributed by atoms with Crippen molar-refractivity contribution in [3.63, 3.8) is 0 Å². The average molecular weight is 213 g/mol. The Morgan fingerprint density at radius 2 is 2.57 bits per heavy atom. The van der Waals surface area contributed by atoms with E-state index in [1.54, 1.807) is 0 Å². The van der Waals surface area contributed by atoms with E-state index in [1.165, 1.54) is 6.26 Å². The zero-order chi connectivity index (χ0) is 10.2. The highest BCUT2D eigenvalue weighted by Crippen LogP contribution is 2.37. The van der Waals surface area contributed by atoms with Crippen molar-refractivity contribution in [1.29, 1.82) is 0 Å². The van der Waals surface area contributed by atoms with Gasteiger partial charge in [0.05, 0.1) is 5.41 Å². The third-order valence-corrected chi connectivity index (χ3v) is 3.79. The molecule has 1 aromatic heterocycles. The number of thioether (sulfide) groups is 1. The van der Waals surface area contributed by atoms with E-state index in [2.05, 4.69) is 11.9 Å². The van der Waals surface area contributed by atoms with Gasteiger partial charge in [-0.2, -0.15) is 11.8 Å².